The SMILES string of the molecule is Cc1c(CN)cnn1Cc1cc(Br)cs1. The molecule has 2 rings (SSSR count). The normalized spacial score (nSPS) is 10.9. The van der Waals surface area contributed by atoms with Gasteiger partial charge in [0.1, 0.15) is 0 Å². The Hall–Kier alpha value is -0.650. The summed E-state index contributed by atoms with van der Waals surface area (Å²) in [5.41, 5.74) is 7.87. The van der Waals surface area contributed by atoms with E-state index in [0.29, 0.717) is 6.54 Å². The fourth-order valence-electron chi connectivity index (χ4n) is 1.43. The van der Waals surface area contributed by atoms with Crippen molar-refractivity contribution in [1.29, 1.82) is 0 Å². The molecule has 0 unspecified atom stereocenters. The van der Waals surface area contributed by atoms with Gasteiger partial charge in [-0.25, -0.2) is 0 Å². The molecule has 80 valence electrons. The van der Waals surface area contributed by atoms with Crippen LogP contribution in [0.3, 0.4) is 0 Å². The highest BCUT2D eigenvalue weighted by Crippen LogP contribution is 2.21. The van der Waals surface area contributed by atoms with Gasteiger partial charge in [0.15, 0.2) is 0 Å². The molecule has 0 saturated heterocycles. The summed E-state index contributed by atoms with van der Waals surface area (Å²) in [7, 11) is 0. The minimum Gasteiger partial charge on any atom is -0.326 e. The predicted octanol–water partition coefficient (Wildman–Crippen LogP) is 2.52. The summed E-state index contributed by atoms with van der Waals surface area (Å²) in [6.45, 7) is 3.43. The minimum absolute atomic E-state index is 0.556. The number of hydrogen-bond acceptors (Lipinski definition) is 3. The van der Waals surface area contributed by atoms with Crippen LogP contribution in [0, 0.1) is 6.92 Å². The number of aromatic nitrogens is 2. The van der Waals surface area contributed by atoms with Crippen LogP contribution in [0.1, 0.15) is 16.1 Å². The van der Waals surface area contributed by atoms with E-state index in [1.807, 2.05) is 10.9 Å². The number of nitrogens with zero attached hydrogens (tertiary/aromatic N) is 2. The topological polar surface area (TPSA) is 43.8 Å². The third kappa shape index (κ3) is 2.30. The lowest BCUT2D eigenvalue weighted by Gasteiger charge is -2.02. The molecule has 2 aromatic rings. The third-order valence-corrected chi connectivity index (χ3v) is 4.03. The average Bonchev–Trinajstić information content (AvgIpc) is 2.76. The van der Waals surface area contributed by atoms with E-state index < -0.39 is 0 Å². The Morgan fingerprint density at radius 1 is 1.60 bits per heavy atom. The summed E-state index contributed by atoms with van der Waals surface area (Å²) < 4.78 is 3.12. The van der Waals surface area contributed by atoms with Crippen molar-refractivity contribution < 1.29 is 0 Å². The summed E-state index contributed by atoms with van der Waals surface area (Å²) in [6.07, 6.45) is 1.85. The van der Waals surface area contributed by atoms with Gasteiger partial charge >= 0.3 is 0 Å². The van der Waals surface area contributed by atoms with Crippen LogP contribution in [-0.4, -0.2) is 9.78 Å². The van der Waals surface area contributed by atoms with E-state index in [4.69, 9.17) is 5.73 Å². The second-order valence-electron chi connectivity index (χ2n) is 3.35. The van der Waals surface area contributed by atoms with Gasteiger partial charge in [0.05, 0.1) is 12.7 Å². The molecule has 0 amide bonds. The second-order valence-corrected chi connectivity index (χ2v) is 5.26. The fourth-order valence-corrected chi connectivity index (χ4v) is 2.86. The molecule has 0 fully saturated rings. The molecule has 0 atom stereocenters. The quantitative estimate of drug-likeness (QED) is 0.942. The first-order chi connectivity index (χ1) is 7.20. The van der Waals surface area contributed by atoms with E-state index in [0.717, 1.165) is 22.3 Å². The average molecular weight is 286 g/mol. The van der Waals surface area contributed by atoms with Crippen LogP contribution in [0.2, 0.25) is 0 Å². The van der Waals surface area contributed by atoms with Crippen LogP contribution in [0.15, 0.2) is 22.1 Å². The van der Waals surface area contributed by atoms with Gasteiger partial charge in [-0.05, 0) is 28.9 Å². The van der Waals surface area contributed by atoms with Crippen molar-refractivity contribution >= 4 is 27.3 Å². The van der Waals surface area contributed by atoms with Crippen LogP contribution in [0.5, 0.6) is 0 Å². The second kappa shape index (κ2) is 4.47. The maximum absolute atomic E-state index is 5.60. The molecule has 0 radical (unpaired) electrons. The predicted molar refractivity (Wildman–Crippen MR) is 66.0 cm³/mol. The van der Waals surface area contributed by atoms with E-state index in [-0.39, 0.29) is 0 Å². The Bertz CT molecular complexity index is 461. The highest BCUT2D eigenvalue weighted by Gasteiger charge is 2.06. The first-order valence-corrected chi connectivity index (χ1v) is 6.32. The maximum atomic E-state index is 5.60. The van der Waals surface area contributed by atoms with E-state index in [1.54, 1.807) is 11.3 Å². The number of rotatable bonds is 3. The molecule has 0 spiro atoms. The first kappa shape index (κ1) is 10.9. The van der Waals surface area contributed by atoms with Gasteiger partial charge in [-0.1, -0.05) is 0 Å². The van der Waals surface area contributed by atoms with Crippen molar-refractivity contribution in [2.24, 2.45) is 5.73 Å². The van der Waals surface area contributed by atoms with Crippen LogP contribution in [-0.2, 0) is 13.1 Å². The lowest BCUT2D eigenvalue weighted by Crippen LogP contribution is -2.04. The zero-order valence-electron chi connectivity index (χ0n) is 8.40. The molecule has 0 bridgehead atoms. The molecule has 0 aliphatic carbocycles. The molecule has 3 nitrogen and oxygen atoms in total. The van der Waals surface area contributed by atoms with Crippen molar-refractivity contribution in [1.82, 2.24) is 9.78 Å². The molecule has 2 N–H and O–H groups in total. The zero-order valence-corrected chi connectivity index (χ0v) is 10.8. The molecule has 2 heterocycles. The minimum atomic E-state index is 0.556. The van der Waals surface area contributed by atoms with Crippen LogP contribution in [0.25, 0.3) is 0 Å². The molecular weight excluding hydrogens is 274 g/mol. The van der Waals surface area contributed by atoms with E-state index in [9.17, 15) is 0 Å². The van der Waals surface area contributed by atoms with Crippen molar-refractivity contribution in [3.05, 3.63) is 38.3 Å². The molecular formula is C10H12BrN3S. The highest BCUT2D eigenvalue weighted by molar-refractivity contribution is 9.10. The Morgan fingerprint density at radius 2 is 2.40 bits per heavy atom. The molecule has 5 heteroatoms. The summed E-state index contributed by atoms with van der Waals surface area (Å²) >= 11 is 5.17. The molecule has 15 heavy (non-hydrogen) atoms. The molecule has 0 aromatic carbocycles. The van der Waals surface area contributed by atoms with E-state index in [1.165, 1.54) is 4.88 Å². The van der Waals surface area contributed by atoms with Crippen molar-refractivity contribution in [2.45, 2.75) is 20.0 Å². The number of hydrogen-bond donors (Lipinski definition) is 1. The number of halogens is 1. The van der Waals surface area contributed by atoms with Crippen LogP contribution in [0.4, 0.5) is 0 Å². The number of nitrogens with two attached hydrogens (primary N) is 1. The summed E-state index contributed by atoms with van der Waals surface area (Å²) in [5, 5.41) is 6.40. The van der Waals surface area contributed by atoms with Crippen molar-refractivity contribution in [3.8, 4) is 0 Å². The monoisotopic (exact) mass is 285 g/mol. The molecule has 0 aliphatic rings. The summed E-state index contributed by atoms with van der Waals surface area (Å²) in [6, 6.07) is 2.12. The van der Waals surface area contributed by atoms with Gasteiger partial charge in [0, 0.05) is 32.5 Å². The maximum Gasteiger partial charge on any atom is 0.0755 e. The van der Waals surface area contributed by atoms with Gasteiger partial charge in [-0.15, -0.1) is 11.3 Å². The Balaban J connectivity index is 2.21. The fraction of sp³-hybridized carbons (Fsp3) is 0.300. The van der Waals surface area contributed by atoms with E-state index >= 15 is 0 Å². The highest BCUT2D eigenvalue weighted by atomic mass is 79.9. The van der Waals surface area contributed by atoms with Gasteiger partial charge in [-0.2, -0.15) is 5.10 Å². The summed E-state index contributed by atoms with van der Waals surface area (Å²) in [4.78, 5) is 1.29. The molecule has 2 aromatic heterocycles. The van der Waals surface area contributed by atoms with Gasteiger partial charge < -0.3 is 5.73 Å². The zero-order chi connectivity index (χ0) is 10.8. The first-order valence-electron chi connectivity index (χ1n) is 4.65. The lowest BCUT2D eigenvalue weighted by molar-refractivity contribution is 0.670. The Morgan fingerprint density at radius 3 is 2.93 bits per heavy atom. The Kier molecular flexibility index (Phi) is 3.23. The third-order valence-electron chi connectivity index (χ3n) is 2.35. The summed E-state index contributed by atoms with van der Waals surface area (Å²) in [5.74, 6) is 0. The Labute approximate surface area is 101 Å². The largest absolute Gasteiger partial charge is 0.326 e. The smallest absolute Gasteiger partial charge is 0.0755 e. The van der Waals surface area contributed by atoms with Crippen molar-refractivity contribution in [3.63, 3.8) is 0 Å². The lowest BCUT2D eigenvalue weighted by atomic mass is 10.3. The van der Waals surface area contributed by atoms with Crippen LogP contribution >= 0.6 is 27.3 Å². The molecule has 0 saturated carbocycles. The van der Waals surface area contributed by atoms with Gasteiger partial charge in [0.25, 0.3) is 0 Å². The standard InChI is InChI=1S/C10H12BrN3S/c1-7-8(3-12)4-13-14(7)5-10-2-9(11)6-15-10/h2,4,6H,3,5,12H2,1H3. The van der Waals surface area contributed by atoms with Gasteiger partial charge in [-0.3, -0.25) is 4.68 Å². The van der Waals surface area contributed by atoms with E-state index in [2.05, 4.69) is 39.4 Å². The van der Waals surface area contributed by atoms with Crippen LogP contribution < -0.4 is 5.73 Å². The number of thiophene rings is 1. The molecule has 0 aliphatic heterocycles. The van der Waals surface area contributed by atoms with Crippen molar-refractivity contribution in [2.75, 3.05) is 0 Å². The van der Waals surface area contributed by atoms with Gasteiger partial charge in [0.2, 0.25) is 0 Å².